The van der Waals surface area contributed by atoms with E-state index in [4.69, 9.17) is 0 Å². The van der Waals surface area contributed by atoms with Gasteiger partial charge in [-0.1, -0.05) is 53.7 Å². The highest BCUT2D eigenvalue weighted by Gasteiger charge is 2.30. The van der Waals surface area contributed by atoms with Gasteiger partial charge < -0.3 is 4.74 Å². The van der Waals surface area contributed by atoms with Gasteiger partial charge in [-0.2, -0.15) is 0 Å². The number of fused-ring (bicyclic) bond motifs is 1. The molecule has 0 aliphatic carbocycles. The fourth-order valence-corrected chi connectivity index (χ4v) is 2.96. The van der Waals surface area contributed by atoms with Crippen molar-refractivity contribution < 1.29 is 17.9 Å². The summed E-state index contributed by atoms with van der Waals surface area (Å²) in [5.41, 5.74) is 2.39. The molecule has 8 heteroatoms. The van der Waals surface area contributed by atoms with Gasteiger partial charge in [0, 0.05) is 0 Å². The zero-order chi connectivity index (χ0) is 20.4. The van der Waals surface area contributed by atoms with Crippen LogP contribution in [0.4, 0.5) is 13.2 Å². The Morgan fingerprint density at radius 3 is 2.28 bits per heavy atom. The first-order chi connectivity index (χ1) is 13.9. The lowest BCUT2D eigenvalue weighted by Crippen LogP contribution is -2.24. The summed E-state index contributed by atoms with van der Waals surface area (Å²) in [6.07, 6.45) is -4.74. The van der Waals surface area contributed by atoms with Crippen molar-refractivity contribution in [2.24, 2.45) is 0 Å². The lowest BCUT2D eigenvalue weighted by molar-refractivity contribution is -0.274. The standard InChI is InChI=1S/C21H14F3N3O2/c22-21(23,24)29-17-9-6-15(7-10-17)16-8-11-19-18(12-16)20(28)27(26-25-19)13-14-4-2-1-3-5-14/h1-12H,13H2. The molecule has 0 N–H and O–H groups in total. The number of hydrogen-bond acceptors (Lipinski definition) is 4. The molecule has 146 valence electrons. The quantitative estimate of drug-likeness (QED) is 0.512. The van der Waals surface area contributed by atoms with Gasteiger partial charge >= 0.3 is 6.36 Å². The SMILES string of the molecule is O=c1c2cc(-c3ccc(OC(F)(F)F)cc3)ccc2nnn1Cc1ccccc1. The van der Waals surface area contributed by atoms with E-state index in [1.165, 1.54) is 28.9 Å². The molecule has 4 rings (SSSR count). The first-order valence-electron chi connectivity index (χ1n) is 8.67. The minimum Gasteiger partial charge on any atom is -0.406 e. The molecule has 3 aromatic carbocycles. The van der Waals surface area contributed by atoms with Gasteiger partial charge in [0.15, 0.2) is 0 Å². The topological polar surface area (TPSA) is 57.0 Å². The van der Waals surface area contributed by atoms with E-state index in [9.17, 15) is 18.0 Å². The highest BCUT2D eigenvalue weighted by atomic mass is 19.4. The minimum atomic E-state index is -4.74. The molecular weight excluding hydrogens is 383 g/mol. The lowest BCUT2D eigenvalue weighted by Gasteiger charge is -2.10. The van der Waals surface area contributed by atoms with Crippen LogP contribution in [-0.4, -0.2) is 21.4 Å². The number of ether oxygens (including phenoxy) is 1. The van der Waals surface area contributed by atoms with Gasteiger partial charge in [-0.05, 0) is 41.0 Å². The predicted octanol–water partition coefficient (Wildman–Crippen LogP) is 4.41. The van der Waals surface area contributed by atoms with Gasteiger partial charge in [0.25, 0.3) is 5.56 Å². The molecule has 0 spiro atoms. The summed E-state index contributed by atoms with van der Waals surface area (Å²) in [5.74, 6) is -0.307. The summed E-state index contributed by atoms with van der Waals surface area (Å²) in [6, 6.07) is 19.9. The summed E-state index contributed by atoms with van der Waals surface area (Å²) in [7, 11) is 0. The van der Waals surface area contributed by atoms with Crippen LogP contribution in [0.15, 0.2) is 77.6 Å². The third-order valence-corrected chi connectivity index (χ3v) is 4.32. The van der Waals surface area contributed by atoms with Crippen molar-refractivity contribution in [3.8, 4) is 16.9 Å². The average molecular weight is 397 g/mol. The first kappa shape index (κ1) is 18.7. The highest BCUT2D eigenvalue weighted by molar-refractivity contribution is 5.83. The molecule has 1 aromatic heterocycles. The maximum atomic E-state index is 12.8. The number of alkyl halides is 3. The fraction of sp³-hybridized carbons (Fsp3) is 0.0952. The molecule has 5 nitrogen and oxygen atoms in total. The molecular formula is C21H14F3N3O2. The van der Waals surface area contributed by atoms with E-state index in [0.29, 0.717) is 22.0 Å². The highest BCUT2D eigenvalue weighted by Crippen LogP contribution is 2.27. The molecule has 0 unspecified atom stereocenters. The number of rotatable bonds is 4. The Morgan fingerprint density at radius 2 is 1.59 bits per heavy atom. The largest absolute Gasteiger partial charge is 0.573 e. The van der Waals surface area contributed by atoms with Crippen molar-refractivity contribution in [3.05, 3.63) is 88.7 Å². The third-order valence-electron chi connectivity index (χ3n) is 4.32. The number of halogens is 3. The molecule has 0 amide bonds. The number of hydrogen-bond donors (Lipinski definition) is 0. The van der Waals surface area contributed by atoms with Crippen LogP contribution >= 0.6 is 0 Å². The first-order valence-corrected chi connectivity index (χ1v) is 8.67. The van der Waals surface area contributed by atoms with Crippen LogP contribution < -0.4 is 10.3 Å². The van der Waals surface area contributed by atoms with Crippen molar-refractivity contribution in [2.45, 2.75) is 12.9 Å². The van der Waals surface area contributed by atoms with Crippen molar-refractivity contribution in [3.63, 3.8) is 0 Å². The van der Waals surface area contributed by atoms with E-state index in [1.54, 1.807) is 18.2 Å². The number of aromatic nitrogens is 3. The molecule has 29 heavy (non-hydrogen) atoms. The Hall–Kier alpha value is -3.68. The Balaban J connectivity index is 1.68. The monoisotopic (exact) mass is 397 g/mol. The molecule has 0 saturated heterocycles. The van der Waals surface area contributed by atoms with Crippen LogP contribution in [0.3, 0.4) is 0 Å². The smallest absolute Gasteiger partial charge is 0.406 e. The van der Waals surface area contributed by atoms with E-state index in [1.807, 2.05) is 30.3 Å². The molecule has 4 aromatic rings. The summed E-state index contributed by atoms with van der Waals surface area (Å²) in [6.45, 7) is 0.288. The summed E-state index contributed by atoms with van der Waals surface area (Å²) < 4.78 is 42.1. The molecule has 1 heterocycles. The van der Waals surface area contributed by atoms with Crippen molar-refractivity contribution >= 4 is 10.9 Å². The van der Waals surface area contributed by atoms with E-state index in [0.717, 1.165) is 5.56 Å². The zero-order valence-electron chi connectivity index (χ0n) is 14.9. The van der Waals surface area contributed by atoms with Crippen LogP contribution in [0.25, 0.3) is 22.0 Å². The zero-order valence-corrected chi connectivity index (χ0v) is 14.9. The normalized spacial score (nSPS) is 11.6. The van der Waals surface area contributed by atoms with Crippen LogP contribution in [0, 0.1) is 0 Å². The molecule has 0 saturated carbocycles. The Bertz CT molecular complexity index is 1200. The van der Waals surface area contributed by atoms with Gasteiger partial charge in [-0.3, -0.25) is 4.79 Å². The van der Waals surface area contributed by atoms with Gasteiger partial charge in [0.2, 0.25) is 0 Å². The lowest BCUT2D eigenvalue weighted by atomic mass is 10.0. The molecule has 0 bridgehead atoms. The van der Waals surface area contributed by atoms with E-state index >= 15 is 0 Å². The maximum absolute atomic E-state index is 12.8. The van der Waals surface area contributed by atoms with Gasteiger partial charge in [-0.25, -0.2) is 4.68 Å². The second kappa shape index (κ2) is 7.38. The van der Waals surface area contributed by atoms with Gasteiger partial charge in [0.1, 0.15) is 11.3 Å². The Labute approximate surface area is 163 Å². The number of nitrogens with zero attached hydrogens (tertiary/aromatic N) is 3. The van der Waals surface area contributed by atoms with Crippen molar-refractivity contribution in [1.29, 1.82) is 0 Å². The molecule has 0 aliphatic heterocycles. The van der Waals surface area contributed by atoms with Gasteiger partial charge in [-0.15, -0.1) is 18.3 Å². The average Bonchev–Trinajstić information content (AvgIpc) is 2.70. The van der Waals surface area contributed by atoms with E-state index < -0.39 is 6.36 Å². The van der Waals surface area contributed by atoms with Gasteiger partial charge in [0.05, 0.1) is 11.9 Å². The van der Waals surface area contributed by atoms with Crippen LogP contribution in [-0.2, 0) is 6.54 Å². The van der Waals surface area contributed by atoms with Crippen molar-refractivity contribution in [2.75, 3.05) is 0 Å². The summed E-state index contributed by atoms with van der Waals surface area (Å²) in [5, 5.41) is 8.45. The Morgan fingerprint density at radius 1 is 0.897 bits per heavy atom. The Kier molecular flexibility index (Phi) is 4.75. The molecule has 0 radical (unpaired) electrons. The fourth-order valence-electron chi connectivity index (χ4n) is 2.96. The van der Waals surface area contributed by atoms with Crippen molar-refractivity contribution in [1.82, 2.24) is 15.0 Å². The second-order valence-corrected chi connectivity index (χ2v) is 6.34. The van der Waals surface area contributed by atoms with E-state index in [2.05, 4.69) is 15.0 Å². The second-order valence-electron chi connectivity index (χ2n) is 6.34. The number of benzene rings is 3. The molecule has 0 aliphatic rings. The minimum absolute atomic E-state index is 0.288. The third kappa shape index (κ3) is 4.26. The molecule has 0 atom stereocenters. The van der Waals surface area contributed by atoms with E-state index in [-0.39, 0.29) is 17.9 Å². The molecule has 0 fully saturated rings. The maximum Gasteiger partial charge on any atom is 0.573 e. The summed E-state index contributed by atoms with van der Waals surface area (Å²) in [4.78, 5) is 12.8. The van der Waals surface area contributed by atoms with Crippen LogP contribution in [0.2, 0.25) is 0 Å². The van der Waals surface area contributed by atoms with Crippen LogP contribution in [0.1, 0.15) is 5.56 Å². The van der Waals surface area contributed by atoms with Crippen LogP contribution in [0.5, 0.6) is 5.75 Å². The predicted molar refractivity (Wildman–Crippen MR) is 101 cm³/mol. The summed E-state index contributed by atoms with van der Waals surface area (Å²) >= 11 is 0.